The smallest absolute Gasteiger partial charge is 0.297 e. The summed E-state index contributed by atoms with van der Waals surface area (Å²) in [6.45, 7) is 1.83. The van der Waals surface area contributed by atoms with Crippen molar-refractivity contribution in [1.82, 2.24) is 9.55 Å². The van der Waals surface area contributed by atoms with Crippen LogP contribution in [0.2, 0.25) is 5.15 Å². The van der Waals surface area contributed by atoms with E-state index in [4.69, 9.17) is 11.6 Å². The summed E-state index contributed by atoms with van der Waals surface area (Å²) in [4.78, 5) is 25.7. The Labute approximate surface area is 96.1 Å². The number of para-hydroxylation sites is 1. The molecule has 0 aliphatic heterocycles. The van der Waals surface area contributed by atoms with Crippen LogP contribution < -0.4 is 11.2 Å². The van der Waals surface area contributed by atoms with E-state index in [-0.39, 0.29) is 5.15 Å². The predicted octanol–water partition coefficient (Wildman–Crippen LogP) is 1.49. The molecule has 0 bridgehead atoms. The molecule has 1 heterocycles. The van der Waals surface area contributed by atoms with Crippen molar-refractivity contribution < 1.29 is 0 Å². The number of rotatable bonds is 1. The number of nitrogens with one attached hydrogen (secondary N) is 1. The highest BCUT2D eigenvalue weighted by Gasteiger charge is 2.07. The number of hydrogen-bond donors (Lipinski definition) is 1. The summed E-state index contributed by atoms with van der Waals surface area (Å²) < 4.78 is 1.06. The van der Waals surface area contributed by atoms with E-state index in [1.54, 1.807) is 12.1 Å². The van der Waals surface area contributed by atoms with Gasteiger partial charge in [-0.2, -0.15) is 0 Å². The largest absolute Gasteiger partial charge is 0.334 e. The molecule has 0 aliphatic rings. The molecule has 16 heavy (non-hydrogen) atoms. The van der Waals surface area contributed by atoms with Gasteiger partial charge >= 0.3 is 5.69 Å². The molecule has 0 saturated heterocycles. The van der Waals surface area contributed by atoms with Gasteiger partial charge in [0.25, 0.3) is 5.56 Å². The van der Waals surface area contributed by atoms with Crippen LogP contribution >= 0.6 is 11.6 Å². The van der Waals surface area contributed by atoms with Crippen molar-refractivity contribution in [2.75, 3.05) is 0 Å². The van der Waals surface area contributed by atoms with E-state index in [2.05, 4.69) is 4.98 Å². The number of aryl methyl sites for hydroxylation is 1. The number of halogens is 1. The fraction of sp³-hybridized carbons (Fsp3) is 0.0909. The van der Waals surface area contributed by atoms with E-state index in [1.807, 2.05) is 19.1 Å². The number of aromatic nitrogens is 2. The Bertz CT molecular complexity index is 612. The molecule has 0 fully saturated rings. The third kappa shape index (κ3) is 1.79. The van der Waals surface area contributed by atoms with Crippen molar-refractivity contribution in [2.45, 2.75) is 6.92 Å². The zero-order chi connectivity index (χ0) is 11.7. The Morgan fingerprint density at radius 2 is 1.94 bits per heavy atom. The summed E-state index contributed by atoms with van der Waals surface area (Å²) >= 11 is 5.58. The quantitative estimate of drug-likeness (QED) is 0.763. The van der Waals surface area contributed by atoms with Gasteiger partial charge in [0.05, 0.1) is 5.69 Å². The first-order valence-corrected chi connectivity index (χ1v) is 5.05. The Hall–Kier alpha value is -1.81. The molecule has 5 heteroatoms. The van der Waals surface area contributed by atoms with E-state index in [0.717, 1.165) is 10.1 Å². The summed E-state index contributed by atoms with van der Waals surface area (Å²) in [6, 6.07) is 8.32. The second kappa shape index (κ2) is 3.98. The van der Waals surface area contributed by atoms with Crippen LogP contribution in [0.25, 0.3) is 5.69 Å². The molecule has 0 amide bonds. The Morgan fingerprint density at radius 3 is 2.56 bits per heavy atom. The van der Waals surface area contributed by atoms with Gasteiger partial charge in [0.2, 0.25) is 0 Å². The van der Waals surface area contributed by atoms with Gasteiger partial charge in [-0.25, -0.2) is 9.36 Å². The van der Waals surface area contributed by atoms with Crippen LogP contribution in [0.1, 0.15) is 5.56 Å². The first kappa shape index (κ1) is 10.7. The second-order valence-electron chi connectivity index (χ2n) is 3.38. The minimum Gasteiger partial charge on any atom is -0.297 e. The lowest BCUT2D eigenvalue weighted by molar-refractivity contribution is 0.869. The number of aromatic amines is 1. The van der Waals surface area contributed by atoms with Gasteiger partial charge in [-0.15, -0.1) is 0 Å². The molecule has 0 unspecified atom stereocenters. The zero-order valence-corrected chi connectivity index (χ0v) is 9.28. The zero-order valence-electron chi connectivity index (χ0n) is 8.53. The van der Waals surface area contributed by atoms with Crippen molar-refractivity contribution in [3.05, 3.63) is 61.9 Å². The van der Waals surface area contributed by atoms with Crippen molar-refractivity contribution in [3.8, 4) is 5.69 Å². The third-order valence-corrected chi connectivity index (χ3v) is 2.46. The molecule has 1 aromatic carbocycles. The standard InChI is InChI=1S/C11H9ClN2O2/c1-7-4-2-3-5-8(7)14-10(15)6-9(12)13-11(14)16/h2-6H,1H3,(H,13,16). The lowest BCUT2D eigenvalue weighted by atomic mass is 10.2. The van der Waals surface area contributed by atoms with Gasteiger partial charge in [-0.1, -0.05) is 29.8 Å². The second-order valence-corrected chi connectivity index (χ2v) is 3.79. The summed E-state index contributed by atoms with van der Waals surface area (Å²) in [5.74, 6) is 0. The van der Waals surface area contributed by atoms with Gasteiger partial charge < -0.3 is 0 Å². The fourth-order valence-corrected chi connectivity index (χ4v) is 1.68. The minimum absolute atomic E-state index is 0.0415. The summed E-state index contributed by atoms with van der Waals surface area (Å²) in [6.07, 6.45) is 0. The monoisotopic (exact) mass is 236 g/mol. The molecule has 82 valence electrons. The third-order valence-electron chi connectivity index (χ3n) is 2.26. The maximum atomic E-state index is 11.7. The van der Waals surface area contributed by atoms with Gasteiger partial charge in [0.1, 0.15) is 5.15 Å². The lowest BCUT2D eigenvalue weighted by Gasteiger charge is -2.06. The molecular weight excluding hydrogens is 228 g/mol. The first-order chi connectivity index (χ1) is 7.59. The van der Waals surface area contributed by atoms with E-state index in [9.17, 15) is 9.59 Å². The highest BCUT2D eigenvalue weighted by molar-refractivity contribution is 6.29. The van der Waals surface area contributed by atoms with Crippen molar-refractivity contribution in [2.24, 2.45) is 0 Å². The maximum Gasteiger partial charge on any atom is 0.334 e. The van der Waals surface area contributed by atoms with Gasteiger partial charge in [-0.05, 0) is 18.6 Å². The van der Waals surface area contributed by atoms with E-state index in [0.29, 0.717) is 5.69 Å². The summed E-state index contributed by atoms with van der Waals surface area (Å²) in [7, 11) is 0. The molecule has 2 aromatic rings. The van der Waals surface area contributed by atoms with Crippen LogP contribution in [-0.2, 0) is 0 Å². The Balaban J connectivity index is 2.81. The Kier molecular flexibility index (Phi) is 2.66. The van der Waals surface area contributed by atoms with Crippen LogP contribution in [0.15, 0.2) is 39.9 Å². The van der Waals surface area contributed by atoms with E-state index < -0.39 is 11.2 Å². The van der Waals surface area contributed by atoms with E-state index in [1.165, 1.54) is 6.07 Å². The normalized spacial score (nSPS) is 10.4. The first-order valence-electron chi connectivity index (χ1n) is 4.67. The van der Waals surface area contributed by atoms with Crippen molar-refractivity contribution >= 4 is 11.6 Å². The molecule has 0 atom stereocenters. The van der Waals surface area contributed by atoms with Crippen molar-refractivity contribution in [3.63, 3.8) is 0 Å². The fourth-order valence-electron chi connectivity index (χ4n) is 1.51. The average molecular weight is 237 g/mol. The molecule has 0 saturated carbocycles. The minimum atomic E-state index is -0.535. The van der Waals surface area contributed by atoms with Crippen LogP contribution in [0, 0.1) is 6.92 Å². The van der Waals surface area contributed by atoms with Crippen LogP contribution in [-0.4, -0.2) is 9.55 Å². The molecule has 0 aliphatic carbocycles. The summed E-state index contributed by atoms with van der Waals surface area (Å²) in [5.41, 5.74) is 0.428. The van der Waals surface area contributed by atoms with E-state index >= 15 is 0 Å². The SMILES string of the molecule is Cc1ccccc1-n1c(=O)cc(Cl)[nH]c1=O. The Morgan fingerprint density at radius 1 is 1.25 bits per heavy atom. The van der Waals surface area contributed by atoms with Crippen LogP contribution in [0.4, 0.5) is 0 Å². The van der Waals surface area contributed by atoms with Crippen molar-refractivity contribution in [1.29, 1.82) is 0 Å². The molecule has 4 nitrogen and oxygen atoms in total. The molecular formula is C11H9ClN2O2. The molecule has 1 N–H and O–H groups in total. The number of nitrogens with zero attached hydrogens (tertiary/aromatic N) is 1. The molecule has 0 radical (unpaired) electrons. The van der Waals surface area contributed by atoms with Gasteiger partial charge in [0.15, 0.2) is 0 Å². The number of H-pyrrole nitrogens is 1. The number of hydrogen-bond acceptors (Lipinski definition) is 2. The number of benzene rings is 1. The van der Waals surface area contributed by atoms with Crippen LogP contribution in [0.3, 0.4) is 0 Å². The maximum absolute atomic E-state index is 11.7. The molecule has 0 spiro atoms. The van der Waals surface area contributed by atoms with Gasteiger partial charge in [-0.3, -0.25) is 9.78 Å². The topological polar surface area (TPSA) is 54.9 Å². The highest BCUT2D eigenvalue weighted by atomic mass is 35.5. The highest BCUT2D eigenvalue weighted by Crippen LogP contribution is 2.09. The molecule has 1 aromatic heterocycles. The van der Waals surface area contributed by atoms with Crippen LogP contribution in [0.5, 0.6) is 0 Å². The lowest BCUT2D eigenvalue weighted by Crippen LogP contribution is -2.33. The van der Waals surface area contributed by atoms with Gasteiger partial charge in [0, 0.05) is 6.07 Å². The predicted molar refractivity (Wildman–Crippen MR) is 62.4 cm³/mol. The molecule has 2 rings (SSSR count). The summed E-state index contributed by atoms with van der Waals surface area (Å²) in [5, 5.41) is 0.0415. The average Bonchev–Trinajstić information content (AvgIpc) is 2.19.